The summed E-state index contributed by atoms with van der Waals surface area (Å²) in [5.74, 6) is 0.908. The summed E-state index contributed by atoms with van der Waals surface area (Å²) in [5.41, 5.74) is 0. The molecule has 2 fully saturated rings. The third kappa shape index (κ3) is 2.23. The van der Waals surface area contributed by atoms with Gasteiger partial charge in [0.25, 0.3) is 0 Å². The molecule has 0 aromatic rings. The highest BCUT2D eigenvalue weighted by atomic mass is 15.2. The molecule has 0 aromatic heterocycles. The lowest BCUT2D eigenvalue weighted by Gasteiger charge is -2.22. The second-order valence-electron chi connectivity index (χ2n) is 4.93. The molecule has 1 saturated carbocycles. The van der Waals surface area contributed by atoms with Gasteiger partial charge in [0.15, 0.2) is 0 Å². The van der Waals surface area contributed by atoms with Crippen molar-refractivity contribution in [3.8, 4) is 0 Å². The van der Waals surface area contributed by atoms with Crippen LogP contribution in [0.5, 0.6) is 0 Å². The maximum Gasteiger partial charge on any atom is 0.0209 e. The lowest BCUT2D eigenvalue weighted by atomic mass is 10.1. The Morgan fingerprint density at radius 2 is 2.08 bits per heavy atom. The molecule has 0 amide bonds. The van der Waals surface area contributed by atoms with Crippen molar-refractivity contribution in [1.29, 1.82) is 0 Å². The van der Waals surface area contributed by atoms with Crippen LogP contribution in [0.4, 0.5) is 0 Å². The van der Waals surface area contributed by atoms with E-state index in [1.165, 1.54) is 38.8 Å². The quantitative estimate of drug-likeness (QED) is 0.695. The van der Waals surface area contributed by atoms with Crippen LogP contribution in [0.25, 0.3) is 0 Å². The van der Waals surface area contributed by atoms with Gasteiger partial charge >= 0.3 is 0 Å². The van der Waals surface area contributed by atoms with E-state index in [0.717, 1.165) is 18.0 Å². The first kappa shape index (κ1) is 9.47. The fraction of sp³-hybridized carbons (Fsp3) is 1.00. The SMILES string of the molecule is C[C@@H]1CCC[C@H]1N[C@H]1CCN(C)C1. The third-order valence-corrected chi connectivity index (χ3v) is 3.70. The van der Waals surface area contributed by atoms with Crippen LogP contribution in [-0.4, -0.2) is 37.1 Å². The van der Waals surface area contributed by atoms with Crippen LogP contribution >= 0.6 is 0 Å². The van der Waals surface area contributed by atoms with Gasteiger partial charge in [-0.05, 0) is 38.8 Å². The van der Waals surface area contributed by atoms with Crippen molar-refractivity contribution in [3.63, 3.8) is 0 Å². The standard InChI is InChI=1S/C11H22N2/c1-9-4-3-5-11(9)12-10-6-7-13(2)8-10/h9-12H,3-8H2,1-2H3/t9-,10+,11-/m1/s1. The summed E-state index contributed by atoms with van der Waals surface area (Å²) in [6.07, 6.45) is 5.61. The zero-order valence-electron chi connectivity index (χ0n) is 8.92. The van der Waals surface area contributed by atoms with Gasteiger partial charge in [0.05, 0.1) is 0 Å². The zero-order chi connectivity index (χ0) is 9.26. The molecular formula is C11H22N2. The van der Waals surface area contributed by atoms with Crippen LogP contribution in [0.1, 0.15) is 32.6 Å². The fourth-order valence-electron chi connectivity index (χ4n) is 2.77. The minimum Gasteiger partial charge on any atom is -0.310 e. The van der Waals surface area contributed by atoms with Crippen molar-refractivity contribution >= 4 is 0 Å². The summed E-state index contributed by atoms with van der Waals surface area (Å²) < 4.78 is 0. The molecule has 1 aliphatic carbocycles. The average molecular weight is 182 g/mol. The lowest BCUT2D eigenvalue weighted by Crippen LogP contribution is -2.40. The first-order chi connectivity index (χ1) is 6.25. The Morgan fingerprint density at radius 3 is 2.62 bits per heavy atom. The van der Waals surface area contributed by atoms with E-state index in [0.29, 0.717) is 0 Å². The average Bonchev–Trinajstić information content (AvgIpc) is 2.64. The highest BCUT2D eigenvalue weighted by Gasteiger charge is 2.27. The van der Waals surface area contributed by atoms with Gasteiger partial charge in [0, 0.05) is 18.6 Å². The zero-order valence-corrected chi connectivity index (χ0v) is 8.92. The maximum absolute atomic E-state index is 3.82. The second kappa shape index (κ2) is 3.97. The minimum atomic E-state index is 0.774. The molecule has 2 nitrogen and oxygen atoms in total. The lowest BCUT2D eigenvalue weighted by molar-refractivity contribution is 0.353. The van der Waals surface area contributed by atoms with Crippen molar-refractivity contribution < 1.29 is 0 Å². The van der Waals surface area contributed by atoms with Gasteiger partial charge in [-0.15, -0.1) is 0 Å². The summed E-state index contributed by atoms with van der Waals surface area (Å²) in [7, 11) is 2.22. The van der Waals surface area contributed by atoms with E-state index in [4.69, 9.17) is 0 Å². The van der Waals surface area contributed by atoms with Gasteiger partial charge in [0.2, 0.25) is 0 Å². The predicted octanol–water partition coefficient (Wildman–Crippen LogP) is 1.47. The van der Waals surface area contributed by atoms with E-state index in [-0.39, 0.29) is 0 Å². The monoisotopic (exact) mass is 182 g/mol. The molecule has 1 heterocycles. The molecule has 2 heteroatoms. The third-order valence-electron chi connectivity index (χ3n) is 3.70. The molecule has 0 radical (unpaired) electrons. The highest BCUT2D eigenvalue weighted by molar-refractivity contribution is 4.87. The molecule has 3 atom stereocenters. The summed E-state index contributed by atoms with van der Waals surface area (Å²) >= 11 is 0. The van der Waals surface area contributed by atoms with Crippen LogP contribution in [0, 0.1) is 5.92 Å². The first-order valence-corrected chi connectivity index (χ1v) is 5.70. The molecule has 0 spiro atoms. The van der Waals surface area contributed by atoms with Crippen LogP contribution in [-0.2, 0) is 0 Å². The van der Waals surface area contributed by atoms with Crippen LogP contribution in [0.2, 0.25) is 0 Å². The number of likely N-dealkylation sites (tertiary alicyclic amines) is 1. The summed E-state index contributed by atoms with van der Waals surface area (Å²) in [6, 6.07) is 1.59. The normalized spacial score (nSPS) is 41.5. The summed E-state index contributed by atoms with van der Waals surface area (Å²) in [4.78, 5) is 2.43. The first-order valence-electron chi connectivity index (χ1n) is 5.70. The van der Waals surface area contributed by atoms with Gasteiger partial charge < -0.3 is 10.2 Å². The topological polar surface area (TPSA) is 15.3 Å². The molecular weight excluding hydrogens is 160 g/mol. The molecule has 1 N–H and O–H groups in total. The Balaban J connectivity index is 1.77. The molecule has 13 heavy (non-hydrogen) atoms. The fourth-order valence-corrected chi connectivity index (χ4v) is 2.77. The number of nitrogens with one attached hydrogen (secondary N) is 1. The number of hydrogen-bond donors (Lipinski definition) is 1. The Bertz CT molecular complexity index is 169. The molecule has 2 rings (SSSR count). The van der Waals surface area contributed by atoms with Crippen LogP contribution < -0.4 is 5.32 Å². The Labute approximate surface area is 81.7 Å². The van der Waals surface area contributed by atoms with E-state index in [1.807, 2.05) is 0 Å². The van der Waals surface area contributed by atoms with Crippen molar-refractivity contribution in [2.24, 2.45) is 5.92 Å². The molecule has 1 saturated heterocycles. The number of nitrogens with zero attached hydrogens (tertiary/aromatic N) is 1. The van der Waals surface area contributed by atoms with Gasteiger partial charge in [-0.25, -0.2) is 0 Å². The van der Waals surface area contributed by atoms with Gasteiger partial charge in [-0.1, -0.05) is 13.3 Å². The predicted molar refractivity (Wildman–Crippen MR) is 55.8 cm³/mol. The van der Waals surface area contributed by atoms with E-state index >= 15 is 0 Å². The number of hydrogen-bond acceptors (Lipinski definition) is 2. The van der Waals surface area contributed by atoms with E-state index in [9.17, 15) is 0 Å². The summed E-state index contributed by atoms with van der Waals surface area (Å²) in [6.45, 7) is 4.92. The Kier molecular flexibility index (Phi) is 2.89. The van der Waals surface area contributed by atoms with E-state index in [1.54, 1.807) is 0 Å². The minimum absolute atomic E-state index is 0.774. The molecule has 2 aliphatic rings. The molecule has 0 bridgehead atoms. The van der Waals surface area contributed by atoms with Crippen molar-refractivity contribution in [2.75, 3.05) is 20.1 Å². The van der Waals surface area contributed by atoms with E-state index < -0.39 is 0 Å². The Hall–Kier alpha value is -0.0800. The summed E-state index contributed by atoms with van der Waals surface area (Å²) in [5, 5.41) is 3.82. The van der Waals surface area contributed by atoms with Crippen LogP contribution in [0.3, 0.4) is 0 Å². The van der Waals surface area contributed by atoms with Crippen molar-refractivity contribution in [1.82, 2.24) is 10.2 Å². The van der Waals surface area contributed by atoms with Crippen LogP contribution in [0.15, 0.2) is 0 Å². The number of likely N-dealkylation sites (N-methyl/N-ethyl adjacent to an activating group) is 1. The second-order valence-corrected chi connectivity index (χ2v) is 4.93. The van der Waals surface area contributed by atoms with Crippen molar-refractivity contribution in [3.05, 3.63) is 0 Å². The Morgan fingerprint density at radius 1 is 1.23 bits per heavy atom. The largest absolute Gasteiger partial charge is 0.310 e. The van der Waals surface area contributed by atoms with E-state index in [2.05, 4.69) is 24.2 Å². The molecule has 1 aliphatic heterocycles. The van der Waals surface area contributed by atoms with Gasteiger partial charge in [-0.3, -0.25) is 0 Å². The molecule has 0 aromatic carbocycles. The molecule has 0 unspecified atom stereocenters. The van der Waals surface area contributed by atoms with Gasteiger partial charge in [-0.2, -0.15) is 0 Å². The molecule has 76 valence electrons. The maximum atomic E-state index is 3.82. The smallest absolute Gasteiger partial charge is 0.0209 e. The number of rotatable bonds is 2. The highest BCUT2D eigenvalue weighted by Crippen LogP contribution is 2.25. The van der Waals surface area contributed by atoms with Crippen molar-refractivity contribution in [2.45, 2.75) is 44.7 Å². The van der Waals surface area contributed by atoms with Gasteiger partial charge in [0.1, 0.15) is 0 Å².